The molecule has 0 bridgehead atoms. The molecule has 0 radical (unpaired) electrons. The summed E-state index contributed by atoms with van der Waals surface area (Å²) in [5, 5.41) is 4.03. The number of nitrogens with two attached hydrogens (primary N) is 1. The number of anilines is 2. The Bertz CT molecular complexity index is 1420. The van der Waals surface area contributed by atoms with Crippen molar-refractivity contribution >= 4 is 34.2 Å². The number of amides is 1. The van der Waals surface area contributed by atoms with Crippen molar-refractivity contribution in [1.29, 1.82) is 0 Å². The average molecular weight is 483 g/mol. The lowest BCUT2D eigenvalue weighted by Crippen LogP contribution is -2.36. The van der Waals surface area contributed by atoms with Gasteiger partial charge in [-0.15, -0.1) is 0 Å². The van der Waals surface area contributed by atoms with E-state index in [0.717, 1.165) is 30.0 Å². The average Bonchev–Trinajstić information content (AvgIpc) is 2.92. The fourth-order valence-electron chi connectivity index (χ4n) is 4.31. The Kier molecular flexibility index (Phi) is 6.81. The van der Waals surface area contributed by atoms with Crippen molar-refractivity contribution in [2.75, 3.05) is 36.5 Å². The number of Topliss-reactive ketones (excluding diaryl/α,β-unsaturated/α-hetero) is 1. The van der Waals surface area contributed by atoms with Gasteiger partial charge in [0.15, 0.2) is 5.78 Å². The molecule has 36 heavy (non-hydrogen) atoms. The van der Waals surface area contributed by atoms with Crippen molar-refractivity contribution in [3.05, 3.63) is 89.4 Å². The van der Waals surface area contributed by atoms with Gasteiger partial charge in [-0.05, 0) is 35.4 Å². The number of aromatic nitrogens is 3. The van der Waals surface area contributed by atoms with E-state index < -0.39 is 5.91 Å². The van der Waals surface area contributed by atoms with E-state index in [1.165, 1.54) is 6.33 Å². The number of hydrogen-bond donors (Lipinski definition) is 2. The van der Waals surface area contributed by atoms with Crippen LogP contribution < -0.4 is 16.0 Å². The molecule has 2 aromatic carbocycles. The van der Waals surface area contributed by atoms with E-state index in [9.17, 15) is 9.59 Å². The van der Waals surface area contributed by atoms with E-state index in [1.54, 1.807) is 24.4 Å². The van der Waals surface area contributed by atoms with E-state index in [-0.39, 0.29) is 5.78 Å². The topological polar surface area (TPSA) is 123 Å². The summed E-state index contributed by atoms with van der Waals surface area (Å²) in [6.45, 7) is 3.36. The van der Waals surface area contributed by atoms with Crippen LogP contribution in [0.5, 0.6) is 0 Å². The van der Waals surface area contributed by atoms with Crippen LogP contribution in [0.4, 0.5) is 11.6 Å². The number of carbonyl (C=O) groups excluding carboxylic acids is 2. The van der Waals surface area contributed by atoms with Gasteiger partial charge in [0.2, 0.25) is 0 Å². The highest BCUT2D eigenvalue weighted by molar-refractivity contribution is 6.06. The van der Waals surface area contributed by atoms with Gasteiger partial charge in [-0.25, -0.2) is 15.0 Å². The Morgan fingerprint density at radius 2 is 1.78 bits per heavy atom. The summed E-state index contributed by atoms with van der Waals surface area (Å²) in [7, 11) is 0. The SMILES string of the molecule is NC(=O)c1cccc2c(NCc3cccc(CC(=O)c4ccnc(N5CCOCC5)c4)c3)ncnc12. The molecule has 0 atom stereocenters. The maximum Gasteiger partial charge on any atom is 0.250 e. The fraction of sp³-hybridized carbons (Fsp3) is 0.222. The lowest BCUT2D eigenvalue weighted by Gasteiger charge is -2.27. The second kappa shape index (κ2) is 10.5. The highest BCUT2D eigenvalue weighted by Crippen LogP contribution is 2.23. The van der Waals surface area contributed by atoms with Crippen LogP contribution in [0.3, 0.4) is 0 Å². The van der Waals surface area contributed by atoms with Gasteiger partial charge in [-0.1, -0.05) is 30.3 Å². The standard InChI is InChI=1S/C27H26N6O3/c28-26(35)21-5-2-6-22-25(21)31-17-32-27(22)30-16-19-4-1-3-18(13-19)14-23(34)20-7-8-29-24(15-20)33-9-11-36-12-10-33/h1-8,13,15,17H,9-12,14,16H2,(H2,28,35)(H,30,31,32). The molecule has 2 aromatic heterocycles. The van der Waals surface area contributed by atoms with Crippen molar-refractivity contribution in [3.8, 4) is 0 Å². The summed E-state index contributed by atoms with van der Waals surface area (Å²) >= 11 is 0. The number of para-hydroxylation sites is 1. The van der Waals surface area contributed by atoms with Gasteiger partial charge in [-0.3, -0.25) is 9.59 Å². The first-order valence-corrected chi connectivity index (χ1v) is 11.8. The third-order valence-corrected chi connectivity index (χ3v) is 6.15. The second-order valence-corrected chi connectivity index (χ2v) is 8.56. The number of ether oxygens (including phenoxy) is 1. The number of pyridine rings is 1. The van der Waals surface area contributed by atoms with E-state index in [0.29, 0.717) is 54.0 Å². The van der Waals surface area contributed by atoms with Crippen LogP contribution in [0.25, 0.3) is 10.9 Å². The third-order valence-electron chi connectivity index (χ3n) is 6.15. The summed E-state index contributed by atoms with van der Waals surface area (Å²) in [4.78, 5) is 39.9. The predicted octanol–water partition coefficient (Wildman–Crippen LogP) is 3.00. The molecule has 3 heterocycles. The highest BCUT2D eigenvalue weighted by atomic mass is 16.5. The first-order valence-electron chi connectivity index (χ1n) is 11.8. The van der Waals surface area contributed by atoms with Gasteiger partial charge >= 0.3 is 0 Å². The minimum atomic E-state index is -0.533. The molecule has 0 unspecified atom stereocenters. The number of carbonyl (C=O) groups is 2. The minimum absolute atomic E-state index is 0.0396. The Balaban J connectivity index is 1.28. The zero-order valence-electron chi connectivity index (χ0n) is 19.7. The first-order chi connectivity index (χ1) is 17.6. The second-order valence-electron chi connectivity index (χ2n) is 8.56. The number of nitrogens with zero attached hydrogens (tertiary/aromatic N) is 4. The van der Waals surface area contributed by atoms with Crippen LogP contribution in [0, 0.1) is 0 Å². The number of primary amides is 1. The number of ketones is 1. The Morgan fingerprint density at radius 3 is 2.61 bits per heavy atom. The van der Waals surface area contributed by atoms with E-state index in [2.05, 4.69) is 25.2 Å². The maximum atomic E-state index is 13.0. The quantitative estimate of drug-likeness (QED) is 0.368. The molecular formula is C27H26N6O3. The largest absolute Gasteiger partial charge is 0.378 e. The Hall–Kier alpha value is -4.37. The lowest BCUT2D eigenvalue weighted by molar-refractivity contribution is 0.0987. The molecule has 5 rings (SSSR count). The monoisotopic (exact) mass is 482 g/mol. The smallest absolute Gasteiger partial charge is 0.250 e. The zero-order valence-corrected chi connectivity index (χ0v) is 19.7. The van der Waals surface area contributed by atoms with Crippen LogP contribution in [0.15, 0.2) is 67.1 Å². The molecule has 3 N–H and O–H groups in total. The van der Waals surface area contributed by atoms with Crippen LogP contribution in [0.2, 0.25) is 0 Å². The summed E-state index contributed by atoms with van der Waals surface area (Å²) in [5.74, 6) is 0.919. The van der Waals surface area contributed by atoms with Gasteiger partial charge in [0.05, 0.1) is 24.3 Å². The molecule has 4 aromatic rings. The van der Waals surface area contributed by atoms with Gasteiger partial charge in [0.25, 0.3) is 5.91 Å². The zero-order chi connectivity index (χ0) is 24.9. The molecule has 0 aliphatic carbocycles. The van der Waals surface area contributed by atoms with Gasteiger partial charge in [0, 0.05) is 43.2 Å². The summed E-state index contributed by atoms with van der Waals surface area (Å²) in [6, 6.07) is 16.8. The number of benzene rings is 2. The highest BCUT2D eigenvalue weighted by Gasteiger charge is 2.15. The number of fused-ring (bicyclic) bond motifs is 1. The Labute approximate surface area is 208 Å². The number of morpholine rings is 1. The van der Waals surface area contributed by atoms with E-state index >= 15 is 0 Å². The van der Waals surface area contributed by atoms with Crippen molar-refractivity contribution in [1.82, 2.24) is 15.0 Å². The molecule has 1 fully saturated rings. The Morgan fingerprint density at radius 1 is 0.972 bits per heavy atom. The molecule has 1 amide bonds. The molecule has 1 saturated heterocycles. The summed E-state index contributed by atoms with van der Waals surface area (Å²) < 4.78 is 5.41. The lowest BCUT2D eigenvalue weighted by atomic mass is 10.0. The van der Waals surface area contributed by atoms with Crippen molar-refractivity contribution in [3.63, 3.8) is 0 Å². The van der Waals surface area contributed by atoms with Gasteiger partial charge in [-0.2, -0.15) is 0 Å². The van der Waals surface area contributed by atoms with Crippen molar-refractivity contribution in [2.45, 2.75) is 13.0 Å². The molecule has 9 heteroatoms. The molecule has 182 valence electrons. The van der Waals surface area contributed by atoms with Crippen molar-refractivity contribution < 1.29 is 14.3 Å². The molecule has 1 aliphatic rings. The number of hydrogen-bond acceptors (Lipinski definition) is 8. The molecule has 0 spiro atoms. The maximum absolute atomic E-state index is 13.0. The van der Waals surface area contributed by atoms with Crippen LogP contribution >= 0.6 is 0 Å². The minimum Gasteiger partial charge on any atom is -0.378 e. The molecule has 0 saturated carbocycles. The van der Waals surface area contributed by atoms with E-state index in [4.69, 9.17) is 10.5 Å². The summed E-state index contributed by atoms with van der Waals surface area (Å²) in [6.07, 6.45) is 3.39. The van der Waals surface area contributed by atoms with Crippen LogP contribution in [-0.2, 0) is 17.7 Å². The van der Waals surface area contributed by atoms with E-state index in [1.807, 2.05) is 36.4 Å². The van der Waals surface area contributed by atoms with Crippen LogP contribution in [-0.4, -0.2) is 52.9 Å². The number of rotatable bonds is 8. The first kappa shape index (κ1) is 23.4. The van der Waals surface area contributed by atoms with Gasteiger partial charge < -0.3 is 20.7 Å². The fourth-order valence-corrected chi connectivity index (χ4v) is 4.31. The molecular weight excluding hydrogens is 456 g/mol. The predicted molar refractivity (Wildman–Crippen MR) is 137 cm³/mol. The van der Waals surface area contributed by atoms with Crippen molar-refractivity contribution in [2.24, 2.45) is 5.73 Å². The normalized spacial score (nSPS) is 13.5. The van der Waals surface area contributed by atoms with Crippen LogP contribution in [0.1, 0.15) is 31.8 Å². The third kappa shape index (κ3) is 5.16. The summed E-state index contributed by atoms with van der Waals surface area (Å²) in [5.41, 5.74) is 8.92. The molecule has 1 aliphatic heterocycles. The number of nitrogens with one attached hydrogen (secondary N) is 1. The van der Waals surface area contributed by atoms with Gasteiger partial charge in [0.1, 0.15) is 18.0 Å². The molecule has 9 nitrogen and oxygen atoms in total.